The maximum absolute atomic E-state index is 13.1. The number of carbonyl (C=O) groups is 1. The number of hydrogen-bond acceptors (Lipinski definition) is 5. The highest BCUT2D eigenvalue weighted by Gasteiger charge is 2.16. The van der Waals surface area contributed by atoms with Gasteiger partial charge in [-0.1, -0.05) is 38.8 Å². The molecule has 3 aromatic rings. The number of fused-ring (bicyclic) bond motifs is 2. The summed E-state index contributed by atoms with van der Waals surface area (Å²) in [5.74, 6) is 1.21. The van der Waals surface area contributed by atoms with Crippen molar-refractivity contribution in [2.75, 3.05) is 31.6 Å². The average molecular weight is 463 g/mol. The number of nitrogens with one attached hydrogen (secondary N) is 1. The molecule has 7 nitrogen and oxygen atoms in total. The van der Waals surface area contributed by atoms with E-state index in [0.29, 0.717) is 41.1 Å². The zero-order chi connectivity index (χ0) is 23.9. The Labute approximate surface area is 200 Å². The molecule has 0 bridgehead atoms. The highest BCUT2D eigenvalue weighted by molar-refractivity contribution is 6.06. The third-order valence-corrected chi connectivity index (χ3v) is 6.52. The quantitative estimate of drug-likeness (QED) is 0.534. The fourth-order valence-corrected chi connectivity index (χ4v) is 4.45. The van der Waals surface area contributed by atoms with Crippen molar-refractivity contribution in [1.82, 2.24) is 14.5 Å². The topological polar surface area (TPSA) is 76.5 Å². The van der Waals surface area contributed by atoms with Gasteiger partial charge >= 0.3 is 0 Å². The van der Waals surface area contributed by atoms with Gasteiger partial charge in [0.05, 0.1) is 16.6 Å². The first-order valence-corrected chi connectivity index (χ1v) is 12.4. The van der Waals surface area contributed by atoms with Gasteiger partial charge in [0.15, 0.2) is 0 Å². The van der Waals surface area contributed by atoms with Crippen molar-refractivity contribution < 1.29 is 9.53 Å². The lowest BCUT2D eigenvalue weighted by molar-refractivity contribution is 0.102. The van der Waals surface area contributed by atoms with E-state index in [1.54, 1.807) is 18.2 Å². The molecule has 0 fully saturated rings. The minimum Gasteiger partial charge on any atom is -0.490 e. The molecule has 34 heavy (non-hydrogen) atoms. The van der Waals surface area contributed by atoms with Crippen molar-refractivity contribution in [1.29, 1.82) is 0 Å². The summed E-state index contributed by atoms with van der Waals surface area (Å²) in [4.78, 5) is 33.2. The van der Waals surface area contributed by atoms with Crippen molar-refractivity contribution in [3.63, 3.8) is 0 Å². The number of likely N-dealkylation sites (N-methyl/N-ethyl adjacent to an activating group) is 1. The normalized spacial score (nSPS) is 13.9. The van der Waals surface area contributed by atoms with Crippen LogP contribution in [0, 0.1) is 0 Å². The first kappa shape index (κ1) is 24.0. The Hall–Kier alpha value is -3.19. The number of aromatic nitrogens is 2. The standard InChI is InChI=1S/C27H34N4O3/c1-3-30(4-2)17-18-34-24-12-9-8-11-22(24)29-26(32)20-14-15-21-23(19-20)28-25-13-7-5-6-10-16-31(25)27(21)33/h8-9,11-12,14-15,19H,3-7,10,13,16-18H2,1-2H3,(H,29,32). The van der Waals surface area contributed by atoms with Crippen molar-refractivity contribution >= 4 is 22.5 Å². The first-order chi connectivity index (χ1) is 16.6. The lowest BCUT2D eigenvalue weighted by Crippen LogP contribution is -2.28. The van der Waals surface area contributed by atoms with Gasteiger partial charge in [0.2, 0.25) is 0 Å². The second kappa shape index (κ2) is 11.3. The number of amides is 1. The first-order valence-electron chi connectivity index (χ1n) is 12.4. The van der Waals surface area contributed by atoms with Gasteiger partial charge in [-0.3, -0.25) is 14.2 Å². The van der Waals surface area contributed by atoms with Gasteiger partial charge in [-0.2, -0.15) is 0 Å². The van der Waals surface area contributed by atoms with Crippen LogP contribution in [0.4, 0.5) is 5.69 Å². The van der Waals surface area contributed by atoms with E-state index in [4.69, 9.17) is 9.72 Å². The molecule has 2 aromatic carbocycles. The van der Waals surface area contributed by atoms with Gasteiger partial charge in [0, 0.05) is 25.1 Å². The van der Waals surface area contributed by atoms with E-state index in [0.717, 1.165) is 57.6 Å². The van der Waals surface area contributed by atoms with Crippen molar-refractivity contribution in [3.05, 3.63) is 64.2 Å². The minimum absolute atomic E-state index is 0.0131. The predicted molar refractivity (Wildman–Crippen MR) is 136 cm³/mol. The molecule has 0 spiro atoms. The number of aryl methyl sites for hydroxylation is 1. The summed E-state index contributed by atoms with van der Waals surface area (Å²) >= 11 is 0. The number of hydrogen-bond donors (Lipinski definition) is 1. The molecule has 1 aliphatic rings. The number of carbonyl (C=O) groups excluding carboxylic acids is 1. The second-order valence-electron chi connectivity index (χ2n) is 8.71. The van der Waals surface area contributed by atoms with Crippen molar-refractivity contribution in [3.8, 4) is 5.75 Å². The molecule has 4 rings (SSSR count). The predicted octanol–water partition coefficient (Wildman–Crippen LogP) is 4.49. The lowest BCUT2D eigenvalue weighted by Gasteiger charge is -2.19. The number of rotatable bonds is 8. The summed E-state index contributed by atoms with van der Waals surface area (Å²) in [6.45, 7) is 8.29. The molecule has 2 heterocycles. The van der Waals surface area contributed by atoms with Gasteiger partial charge < -0.3 is 15.0 Å². The van der Waals surface area contributed by atoms with Crippen LogP contribution in [-0.2, 0) is 13.0 Å². The van der Waals surface area contributed by atoms with E-state index in [2.05, 4.69) is 24.1 Å². The third kappa shape index (κ3) is 5.47. The Kier molecular flexibility index (Phi) is 7.95. The minimum atomic E-state index is -0.254. The summed E-state index contributed by atoms with van der Waals surface area (Å²) in [5, 5.41) is 3.52. The fraction of sp³-hybridized carbons (Fsp3) is 0.444. The molecule has 0 atom stereocenters. The number of anilines is 1. The Morgan fingerprint density at radius 2 is 1.88 bits per heavy atom. The van der Waals surface area contributed by atoms with Crippen molar-refractivity contribution in [2.45, 2.75) is 52.5 Å². The highest BCUT2D eigenvalue weighted by atomic mass is 16.5. The molecule has 1 aromatic heterocycles. The maximum atomic E-state index is 13.1. The van der Waals surface area contributed by atoms with Crippen LogP contribution in [0.2, 0.25) is 0 Å². The van der Waals surface area contributed by atoms with Crippen LogP contribution in [0.25, 0.3) is 10.9 Å². The van der Waals surface area contributed by atoms with E-state index in [1.165, 1.54) is 0 Å². The van der Waals surface area contributed by atoms with Crippen LogP contribution in [0.3, 0.4) is 0 Å². The molecular weight excluding hydrogens is 428 g/mol. The molecular formula is C27H34N4O3. The zero-order valence-electron chi connectivity index (χ0n) is 20.2. The van der Waals surface area contributed by atoms with Crippen LogP contribution < -0.4 is 15.6 Å². The second-order valence-corrected chi connectivity index (χ2v) is 8.71. The van der Waals surface area contributed by atoms with E-state index >= 15 is 0 Å². The lowest BCUT2D eigenvalue weighted by atomic mass is 10.1. The number of ether oxygens (including phenoxy) is 1. The third-order valence-electron chi connectivity index (χ3n) is 6.52. The van der Waals surface area contributed by atoms with Gasteiger partial charge in [-0.25, -0.2) is 4.98 Å². The molecule has 1 N–H and O–H groups in total. The number of nitrogens with zero attached hydrogens (tertiary/aromatic N) is 3. The Balaban J connectivity index is 1.53. The summed E-state index contributed by atoms with van der Waals surface area (Å²) in [6.07, 6.45) is 5.12. The van der Waals surface area contributed by atoms with Gasteiger partial charge in [0.25, 0.3) is 11.5 Å². The van der Waals surface area contributed by atoms with Crippen LogP contribution in [0.1, 0.15) is 55.7 Å². The van der Waals surface area contributed by atoms with Crippen molar-refractivity contribution in [2.24, 2.45) is 0 Å². The summed E-state index contributed by atoms with van der Waals surface area (Å²) in [6, 6.07) is 12.6. The average Bonchev–Trinajstić information content (AvgIpc) is 2.84. The highest BCUT2D eigenvalue weighted by Crippen LogP contribution is 2.25. The van der Waals surface area contributed by atoms with Crippen LogP contribution in [0.15, 0.2) is 47.3 Å². The Bertz CT molecular complexity index is 1200. The summed E-state index contributed by atoms with van der Waals surface area (Å²) in [7, 11) is 0. The molecule has 0 saturated carbocycles. The molecule has 7 heteroatoms. The van der Waals surface area contributed by atoms with E-state index < -0.39 is 0 Å². The van der Waals surface area contributed by atoms with E-state index in [-0.39, 0.29) is 11.5 Å². The fourth-order valence-electron chi connectivity index (χ4n) is 4.45. The largest absolute Gasteiger partial charge is 0.490 e. The number of para-hydroxylation sites is 2. The summed E-state index contributed by atoms with van der Waals surface area (Å²) < 4.78 is 7.78. The SMILES string of the molecule is CCN(CC)CCOc1ccccc1NC(=O)c1ccc2c(=O)n3c(nc2c1)CCCCCC3. The van der Waals surface area contributed by atoms with E-state index in [9.17, 15) is 9.59 Å². The maximum Gasteiger partial charge on any atom is 0.261 e. The zero-order valence-corrected chi connectivity index (χ0v) is 20.2. The van der Waals surface area contributed by atoms with Gasteiger partial charge in [-0.05, 0) is 56.3 Å². The monoisotopic (exact) mass is 462 g/mol. The molecule has 180 valence electrons. The molecule has 1 aliphatic heterocycles. The molecule has 1 amide bonds. The van der Waals surface area contributed by atoms with Crippen LogP contribution in [-0.4, -0.2) is 46.6 Å². The Morgan fingerprint density at radius 1 is 1.09 bits per heavy atom. The molecule has 0 aliphatic carbocycles. The van der Waals surface area contributed by atoms with Gasteiger partial charge in [-0.15, -0.1) is 0 Å². The Morgan fingerprint density at radius 3 is 2.71 bits per heavy atom. The van der Waals surface area contributed by atoms with Crippen LogP contribution in [0.5, 0.6) is 5.75 Å². The molecule has 0 unspecified atom stereocenters. The number of benzene rings is 2. The van der Waals surface area contributed by atoms with Gasteiger partial charge in [0.1, 0.15) is 18.2 Å². The molecule has 0 radical (unpaired) electrons. The molecule has 0 saturated heterocycles. The summed E-state index contributed by atoms with van der Waals surface area (Å²) in [5.41, 5.74) is 1.65. The van der Waals surface area contributed by atoms with Crippen LogP contribution >= 0.6 is 0 Å². The van der Waals surface area contributed by atoms with E-state index in [1.807, 2.05) is 28.8 Å². The smallest absolute Gasteiger partial charge is 0.261 e.